The van der Waals surface area contributed by atoms with E-state index in [0.717, 1.165) is 17.2 Å². The Morgan fingerprint density at radius 1 is 1.40 bits per heavy atom. The highest BCUT2D eigenvalue weighted by molar-refractivity contribution is 7.09. The van der Waals surface area contributed by atoms with Gasteiger partial charge in [0.15, 0.2) is 0 Å². The molecule has 0 saturated carbocycles. The molecule has 0 aromatic carbocycles. The lowest BCUT2D eigenvalue weighted by molar-refractivity contribution is 0.181. The molecule has 0 amide bonds. The number of aromatic nitrogens is 5. The van der Waals surface area contributed by atoms with Crippen LogP contribution in [-0.4, -0.2) is 31.7 Å². The summed E-state index contributed by atoms with van der Waals surface area (Å²) in [6.45, 7) is 3.14. The number of methoxy groups -OCH3 is 1. The number of nitrogens with one attached hydrogen (secondary N) is 1. The van der Waals surface area contributed by atoms with Gasteiger partial charge in [-0.3, -0.25) is 0 Å². The molecule has 3 rings (SSSR count). The van der Waals surface area contributed by atoms with Crippen LogP contribution >= 0.6 is 11.3 Å². The number of anilines is 1. The van der Waals surface area contributed by atoms with E-state index in [4.69, 9.17) is 4.74 Å². The van der Waals surface area contributed by atoms with E-state index in [9.17, 15) is 0 Å². The molecule has 20 heavy (non-hydrogen) atoms. The van der Waals surface area contributed by atoms with Crippen LogP contribution in [0.2, 0.25) is 0 Å². The second-order valence-corrected chi connectivity index (χ2v) is 5.19. The third-order valence-electron chi connectivity index (χ3n) is 2.87. The maximum absolute atomic E-state index is 5.12. The van der Waals surface area contributed by atoms with Crippen molar-refractivity contribution in [2.75, 3.05) is 12.4 Å². The number of fused-ring (bicyclic) bond motifs is 1. The normalized spacial score (nSPS) is 11.1. The number of hydrogen-bond acceptors (Lipinski definition) is 7. The number of ether oxygens (including phenoxy) is 1. The molecule has 1 N–H and O–H groups in total. The summed E-state index contributed by atoms with van der Waals surface area (Å²) in [5.74, 6) is 1.40. The largest absolute Gasteiger partial charge is 0.378 e. The maximum atomic E-state index is 5.12. The van der Waals surface area contributed by atoms with Crippen molar-refractivity contribution in [1.82, 2.24) is 24.6 Å². The van der Waals surface area contributed by atoms with E-state index in [-0.39, 0.29) is 0 Å². The quantitative estimate of drug-likeness (QED) is 0.770. The number of nitrogens with zero attached hydrogens (tertiary/aromatic N) is 5. The van der Waals surface area contributed by atoms with Crippen molar-refractivity contribution in [3.63, 3.8) is 0 Å². The Kier molecular flexibility index (Phi) is 3.57. The van der Waals surface area contributed by atoms with Crippen molar-refractivity contribution in [1.29, 1.82) is 0 Å². The van der Waals surface area contributed by atoms with E-state index in [1.54, 1.807) is 23.0 Å². The zero-order chi connectivity index (χ0) is 13.9. The maximum Gasteiger partial charge on any atom is 0.254 e. The predicted octanol–water partition coefficient (Wildman–Crippen LogP) is 1.65. The van der Waals surface area contributed by atoms with Crippen molar-refractivity contribution in [2.24, 2.45) is 0 Å². The average Bonchev–Trinajstić information content (AvgIpc) is 3.05. The summed E-state index contributed by atoms with van der Waals surface area (Å²) >= 11 is 1.63. The molecular formula is C12H14N6OS. The van der Waals surface area contributed by atoms with Crippen LogP contribution in [0.25, 0.3) is 5.78 Å². The van der Waals surface area contributed by atoms with Crippen LogP contribution in [-0.2, 0) is 17.9 Å². The summed E-state index contributed by atoms with van der Waals surface area (Å²) in [6, 6.07) is 1.92. The van der Waals surface area contributed by atoms with Gasteiger partial charge in [0.2, 0.25) is 0 Å². The molecule has 0 radical (unpaired) electrons. The fourth-order valence-electron chi connectivity index (χ4n) is 1.88. The molecule has 0 saturated heterocycles. The molecule has 0 fully saturated rings. The first-order valence-corrected chi connectivity index (χ1v) is 6.97. The zero-order valence-corrected chi connectivity index (χ0v) is 12.0. The summed E-state index contributed by atoms with van der Waals surface area (Å²) in [5.41, 5.74) is 3.71. The molecule has 104 valence electrons. The van der Waals surface area contributed by atoms with Crippen molar-refractivity contribution < 1.29 is 4.74 Å². The van der Waals surface area contributed by atoms with Crippen LogP contribution in [0.15, 0.2) is 17.9 Å². The van der Waals surface area contributed by atoms with Crippen molar-refractivity contribution in [3.8, 4) is 0 Å². The Labute approximate surface area is 119 Å². The molecule has 3 aromatic rings. The monoisotopic (exact) mass is 290 g/mol. The molecule has 0 unspecified atom stereocenters. The van der Waals surface area contributed by atoms with Gasteiger partial charge in [0.25, 0.3) is 5.78 Å². The molecule has 0 aliphatic heterocycles. The molecule has 0 aliphatic carbocycles. The van der Waals surface area contributed by atoms with Crippen LogP contribution < -0.4 is 5.32 Å². The molecule has 0 bridgehead atoms. The zero-order valence-electron chi connectivity index (χ0n) is 11.2. The molecular weight excluding hydrogens is 276 g/mol. The SMILES string of the molecule is COCc1cc(NCc2scnc2C)n2ncnc2n1. The van der Waals surface area contributed by atoms with Crippen LogP contribution in [0.3, 0.4) is 0 Å². The highest BCUT2D eigenvalue weighted by Gasteiger charge is 2.08. The predicted molar refractivity (Wildman–Crippen MR) is 75.7 cm³/mol. The van der Waals surface area contributed by atoms with Gasteiger partial charge in [-0.15, -0.1) is 11.3 Å². The molecule has 0 spiro atoms. The molecule has 3 aromatic heterocycles. The number of rotatable bonds is 5. The summed E-state index contributed by atoms with van der Waals surface area (Å²) in [7, 11) is 1.64. The van der Waals surface area contributed by atoms with E-state index in [0.29, 0.717) is 18.9 Å². The Morgan fingerprint density at radius 3 is 3.05 bits per heavy atom. The van der Waals surface area contributed by atoms with Crippen molar-refractivity contribution >= 4 is 22.9 Å². The molecule has 8 heteroatoms. The van der Waals surface area contributed by atoms with Gasteiger partial charge in [-0.25, -0.2) is 9.97 Å². The fraction of sp³-hybridized carbons (Fsp3) is 0.333. The van der Waals surface area contributed by atoms with Gasteiger partial charge in [-0.05, 0) is 6.92 Å². The van der Waals surface area contributed by atoms with Crippen LogP contribution in [0, 0.1) is 6.92 Å². The highest BCUT2D eigenvalue weighted by atomic mass is 32.1. The average molecular weight is 290 g/mol. The van der Waals surface area contributed by atoms with Gasteiger partial charge in [0.1, 0.15) is 12.1 Å². The smallest absolute Gasteiger partial charge is 0.254 e. The van der Waals surface area contributed by atoms with Crippen molar-refractivity contribution in [2.45, 2.75) is 20.1 Å². The van der Waals surface area contributed by atoms with Gasteiger partial charge >= 0.3 is 0 Å². The lowest BCUT2D eigenvalue weighted by Gasteiger charge is -2.09. The minimum atomic E-state index is 0.442. The van der Waals surface area contributed by atoms with Gasteiger partial charge in [0.05, 0.1) is 30.1 Å². The molecule has 0 atom stereocenters. The van der Waals surface area contributed by atoms with Gasteiger partial charge in [0, 0.05) is 18.1 Å². The van der Waals surface area contributed by atoms with E-state index in [2.05, 4.69) is 25.4 Å². The van der Waals surface area contributed by atoms with E-state index in [1.807, 2.05) is 18.5 Å². The lowest BCUT2D eigenvalue weighted by atomic mass is 10.3. The van der Waals surface area contributed by atoms with Gasteiger partial charge < -0.3 is 10.1 Å². The van der Waals surface area contributed by atoms with E-state index in [1.165, 1.54) is 11.2 Å². The second kappa shape index (κ2) is 5.51. The standard InChI is InChI=1S/C12H14N6OS/c1-8-10(20-7-15-8)4-13-11-3-9(5-19-2)17-12-14-6-16-18(11)12/h3,6-7,13H,4-5H2,1-2H3. The van der Waals surface area contributed by atoms with E-state index < -0.39 is 0 Å². The molecule has 3 heterocycles. The highest BCUT2D eigenvalue weighted by Crippen LogP contribution is 2.16. The van der Waals surface area contributed by atoms with Gasteiger partial charge in [-0.2, -0.15) is 14.6 Å². The first kappa shape index (κ1) is 12.9. The van der Waals surface area contributed by atoms with E-state index >= 15 is 0 Å². The first-order chi connectivity index (χ1) is 9.78. The summed E-state index contributed by atoms with van der Waals surface area (Å²) in [5, 5.41) is 7.52. The Hall–Kier alpha value is -2.06. The minimum absolute atomic E-state index is 0.442. The minimum Gasteiger partial charge on any atom is -0.378 e. The third-order valence-corrected chi connectivity index (χ3v) is 3.81. The summed E-state index contributed by atoms with van der Waals surface area (Å²) in [4.78, 5) is 13.9. The number of aryl methyl sites for hydroxylation is 1. The third kappa shape index (κ3) is 2.47. The topological polar surface area (TPSA) is 77.2 Å². The first-order valence-electron chi connectivity index (χ1n) is 6.09. The fourth-order valence-corrected chi connectivity index (χ4v) is 2.59. The van der Waals surface area contributed by atoms with Crippen LogP contribution in [0.5, 0.6) is 0 Å². The van der Waals surface area contributed by atoms with Gasteiger partial charge in [-0.1, -0.05) is 0 Å². The lowest BCUT2D eigenvalue weighted by Crippen LogP contribution is -2.08. The van der Waals surface area contributed by atoms with Crippen LogP contribution in [0.1, 0.15) is 16.3 Å². The molecule has 0 aliphatic rings. The van der Waals surface area contributed by atoms with Crippen LogP contribution in [0.4, 0.5) is 5.82 Å². The molecule has 7 nitrogen and oxygen atoms in total. The van der Waals surface area contributed by atoms with Crippen molar-refractivity contribution in [3.05, 3.63) is 34.2 Å². The Morgan fingerprint density at radius 2 is 2.30 bits per heavy atom. The number of hydrogen-bond donors (Lipinski definition) is 1. The summed E-state index contributed by atoms with van der Waals surface area (Å²) < 4.78 is 6.80. The Bertz CT molecular complexity index is 722. The summed E-state index contributed by atoms with van der Waals surface area (Å²) in [6.07, 6.45) is 1.49. The Balaban J connectivity index is 1.89. The number of thiazole rings is 1. The second-order valence-electron chi connectivity index (χ2n) is 4.25.